The van der Waals surface area contributed by atoms with Crippen molar-refractivity contribution in [2.45, 2.75) is 4.90 Å². The van der Waals surface area contributed by atoms with E-state index in [-0.39, 0.29) is 10.8 Å². The zero-order valence-electron chi connectivity index (χ0n) is 17.9. The van der Waals surface area contributed by atoms with Crippen molar-refractivity contribution >= 4 is 32.6 Å². The Morgan fingerprint density at radius 1 is 0.743 bits per heavy atom. The number of fused-ring (bicyclic) bond motifs is 1. The molecule has 0 bridgehead atoms. The number of benzene rings is 2. The fraction of sp³-hybridized carbons (Fsp3) is 0. The van der Waals surface area contributed by atoms with Crippen LogP contribution >= 0.6 is 0 Å². The van der Waals surface area contributed by atoms with Gasteiger partial charge in [0.1, 0.15) is 0 Å². The Kier molecular flexibility index (Phi) is 5.63. The molecule has 5 rings (SSSR count). The van der Waals surface area contributed by atoms with E-state index in [4.69, 9.17) is 5.14 Å². The topological polar surface area (TPSA) is 124 Å². The molecular formula is C24H16F2N6O2S. The zero-order valence-corrected chi connectivity index (χ0v) is 18.7. The van der Waals surface area contributed by atoms with Crippen LogP contribution in [0.1, 0.15) is 0 Å². The maximum atomic E-state index is 13.5. The van der Waals surface area contributed by atoms with Gasteiger partial charge in [-0.05, 0) is 54.1 Å². The smallest absolute Gasteiger partial charge is 0.238 e. The first-order valence-electron chi connectivity index (χ1n) is 10.2. The number of nitrogens with one attached hydrogen (secondary N) is 1. The summed E-state index contributed by atoms with van der Waals surface area (Å²) in [5, 5.41) is 8.89. The van der Waals surface area contributed by atoms with Crippen molar-refractivity contribution in [2.24, 2.45) is 5.14 Å². The molecule has 0 atom stereocenters. The predicted octanol–water partition coefficient (Wildman–Crippen LogP) is 4.42. The Labute approximate surface area is 198 Å². The van der Waals surface area contributed by atoms with Gasteiger partial charge in [0.15, 0.2) is 0 Å². The molecule has 3 aromatic heterocycles. The molecule has 0 amide bonds. The Bertz CT molecular complexity index is 1640. The maximum absolute atomic E-state index is 13.5. The number of nitrogens with two attached hydrogens (primary N) is 1. The first kappa shape index (κ1) is 22.4. The summed E-state index contributed by atoms with van der Waals surface area (Å²) >= 11 is 0. The lowest BCUT2D eigenvalue weighted by atomic mass is 9.94. The van der Waals surface area contributed by atoms with E-state index >= 15 is 0 Å². The fourth-order valence-electron chi connectivity index (χ4n) is 3.61. The van der Waals surface area contributed by atoms with Crippen LogP contribution in [0, 0.1) is 11.9 Å². The average Bonchev–Trinajstić information content (AvgIpc) is 2.84. The van der Waals surface area contributed by atoms with E-state index in [0.29, 0.717) is 38.8 Å². The minimum atomic E-state index is -3.81. The van der Waals surface area contributed by atoms with E-state index in [1.807, 2.05) is 12.1 Å². The third-order valence-electron chi connectivity index (χ3n) is 5.25. The molecule has 8 nitrogen and oxygen atoms in total. The lowest BCUT2D eigenvalue weighted by Gasteiger charge is -2.14. The summed E-state index contributed by atoms with van der Waals surface area (Å²) in [5.74, 6) is -0.993. The second-order valence-electron chi connectivity index (χ2n) is 7.55. The number of anilines is 2. The summed E-state index contributed by atoms with van der Waals surface area (Å²) in [7, 11) is -3.81. The van der Waals surface area contributed by atoms with Gasteiger partial charge in [0.2, 0.25) is 27.9 Å². The third kappa shape index (κ3) is 4.67. The molecule has 0 fully saturated rings. The molecule has 35 heavy (non-hydrogen) atoms. The third-order valence-corrected chi connectivity index (χ3v) is 6.18. The summed E-state index contributed by atoms with van der Waals surface area (Å²) in [5.41, 5.74) is 3.65. The molecule has 3 heterocycles. The molecule has 2 aromatic carbocycles. The monoisotopic (exact) mass is 490 g/mol. The highest BCUT2D eigenvalue weighted by molar-refractivity contribution is 7.89. The Morgan fingerprint density at radius 3 is 2.00 bits per heavy atom. The summed E-state index contributed by atoms with van der Waals surface area (Å²) < 4.78 is 50.0. The van der Waals surface area contributed by atoms with E-state index in [1.54, 1.807) is 30.5 Å². The van der Waals surface area contributed by atoms with Crippen molar-refractivity contribution in [3.8, 4) is 22.3 Å². The Morgan fingerprint density at radius 2 is 1.40 bits per heavy atom. The molecule has 174 valence electrons. The molecule has 0 radical (unpaired) electrons. The van der Waals surface area contributed by atoms with E-state index in [2.05, 4.69) is 25.3 Å². The standard InChI is InChI=1S/C24H16F2N6O2S/c25-20-9-2-14(11-28-20)19-8-1-16-13-30-24(31-17-4-6-18(7-5-17)35(27,33)34)32-23(16)22(19)15-3-10-21(26)29-12-15/h1-13H,(H2,27,33,34)(H,30,31,32). The normalized spacial score (nSPS) is 11.5. The molecule has 0 saturated heterocycles. The van der Waals surface area contributed by atoms with Crippen LogP contribution in [0.4, 0.5) is 20.4 Å². The molecule has 11 heteroatoms. The SMILES string of the molecule is NS(=O)(=O)c1ccc(Nc2ncc3ccc(-c4ccc(F)nc4)c(-c4ccc(F)nc4)c3n2)cc1. The van der Waals surface area contributed by atoms with Crippen molar-refractivity contribution in [1.82, 2.24) is 19.9 Å². The minimum absolute atomic E-state index is 0.0221. The Balaban J connectivity index is 1.64. The summed E-state index contributed by atoms with van der Waals surface area (Å²) in [4.78, 5) is 16.5. The van der Waals surface area contributed by atoms with Crippen LogP contribution in [0.15, 0.2) is 84.1 Å². The van der Waals surface area contributed by atoms with Gasteiger partial charge in [-0.1, -0.05) is 12.1 Å². The first-order valence-corrected chi connectivity index (χ1v) is 11.8. The van der Waals surface area contributed by atoms with E-state index in [9.17, 15) is 17.2 Å². The van der Waals surface area contributed by atoms with Gasteiger partial charge in [-0.25, -0.2) is 33.5 Å². The number of rotatable bonds is 5. The van der Waals surface area contributed by atoms with Gasteiger partial charge < -0.3 is 5.32 Å². The van der Waals surface area contributed by atoms with Gasteiger partial charge in [-0.3, -0.25) is 0 Å². The van der Waals surface area contributed by atoms with Crippen molar-refractivity contribution in [1.29, 1.82) is 0 Å². The molecule has 0 aliphatic heterocycles. The largest absolute Gasteiger partial charge is 0.324 e. The predicted molar refractivity (Wildman–Crippen MR) is 127 cm³/mol. The average molecular weight is 490 g/mol. The van der Waals surface area contributed by atoms with Crippen molar-refractivity contribution in [3.05, 3.63) is 91.1 Å². The van der Waals surface area contributed by atoms with E-state index < -0.39 is 21.9 Å². The molecule has 3 N–H and O–H groups in total. The van der Waals surface area contributed by atoms with Crippen molar-refractivity contribution < 1.29 is 17.2 Å². The minimum Gasteiger partial charge on any atom is -0.324 e. The number of nitrogens with zero attached hydrogens (tertiary/aromatic N) is 4. The number of aromatic nitrogens is 4. The van der Waals surface area contributed by atoms with Gasteiger partial charge in [0.05, 0.1) is 10.4 Å². The van der Waals surface area contributed by atoms with Gasteiger partial charge in [-0.2, -0.15) is 8.78 Å². The number of sulfonamides is 1. The van der Waals surface area contributed by atoms with Crippen LogP contribution in [-0.2, 0) is 10.0 Å². The second kappa shape index (κ2) is 8.78. The number of primary sulfonamides is 1. The van der Waals surface area contributed by atoms with Gasteiger partial charge in [-0.15, -0.1) is 0 Å². The second-order valence-corrected chi connectivity index (χ2v) is 9.11. The summed E-state index contributed by atoms with van der Waals surface area (Å²) in [6.07, 6.45) is 4.42. The van der Waals surface area contributed by atoms with Crippen LogP contribution in [0.5, 0.6) is 0 Å². The molecule has 0 aliphatic rings. The lowest BCUT2D eigenvalue weighted by molar-refractivity contribution is 0.583. The molecule has 5 aromatic rings. The molecule has 0 spiro atoms. The number of pyridine rings is 2. The highest BCUT2D eigenvalue weighted by Crippen LogP contribution is 2.37. The lowest BCUT2D eigenvalue weighted by Crippen LogP contribution is -2.11. The van der Waals surface area contributed by atoms with E-state index in [0.717, 1.165) is 0 Å². The molecule has 0 aliphatic carbocycles. The highest BCUT2D eigenvalue weighted by Gasteiger charge is 2.16. The summed E-state index contributed by atoms with van der Waals surface area (Å²) in [6, 6.07) is 15.1. The molecular weight excluding hydrogens is 474 g/mol. The number of hydrogen-bond donors (Lipinski definition) is 2. The van der Waals surface area contributed by atoms with Crippen LogP contribution in [0.25, 0.3) is 33.2 Å². The fourth-order valence-corrected chi connectivity index (χ4v) is 4.12. The highest BCUT2D eigenvalue weighted by atomic mass is 32.2. The quantitative estimate of drug-likeness (QED) is 0.350. The molecule has 0 saturated carbocycles. The van der Waals surface area contributed by atoms with Crippen LogP contribution in [0.2, 0.25) is 0 Å². The van der Waals surface area contributed by atoms with E-state index in [1.165, 1.54) is 36.7 Å². The molecule has 0 unspecified atom stereocenters. The van der Waals surface area contributed by atoms with Crippen LogP contribution < -0.4 is 10.5 Å². The Hall–Kier alpha value is -4.35. The van der Waals surface area contributed by atoms with Crippen molar-refractivity contribution in [2.75, 3.05) is 5.32 Å². The van der Waals surface area contributed by atoms with Crippen LogP contribution in [-0.4, -0.2) is 28.4 Å². The van der Waals surface area contributed by atoms with Crippen LogP contribution in [0.3, 0.4) is 0 Å². The van der Waals surface area contributed by atoms with Gasteiger partial charge >= 0.3 is 0 Å². The zero-order chi connectivity index (χ0) is 24.6. The number of hydrogen-bond acceptors (Lipinski definition) is 7. The number of halogens is 2. The van der Waals surface area contributed by atoms with Gasteiger partial charge in [0.25, 0.3) is 0 Å². The first-order chi connectivity index (χ1) is 16.8. The summed E-state index contributed by atoms with van der Waals surface area (Å²) in [6.45, 7) is 0. The van der Waals surface area contributed by atoms with Gasteiger partial charge in [0, 0.05) is 46.4 Å². The maximum Gasteiger partial charge on any atom is 0.238 e. The van der Waals surface area contributed by atoms with Crippen molar-refractivity contribution in [3.63, 3.8) is 0 Å².